The highest BCUT2D eigenvalue weighted by atomic mass is 15.3. The summed E-state index contributed by atoms with van der Waals surface area (Å²) in [5.41, 5.74) is 7.19. The van der Waals surface area contributed by atoms with Crippen molar-refractivity contribution in [3.63, 3.8) is 0 Å². The molecular formula is C26H37N5. The summed E-state index contributed by atoms with van der Waals surface area (Å²) in [6.45, 7) is 10.9. The minimum absolute atomic E-state index is 0.615. The molecule has 3 rings (SSSR count). The van der Waals surface area contributed by atoms with Gasteiger partial charge in [-0.25, -0.2) is 9.67 Å². The van der Waals surface area contributed by atoms with Crippen LogP contribution < -0.4 is 5.32 Å². The monoisotopic (exact) mass is 419 g/mol. The van der Waals surface area contributed by atoms with Crippen molar-refractivity contribution in [2.24, 2.45) is 0 Å². The largest absolute Gasteiger partial charge is 0.324 e. The number of hydrogen-bond acceptors (Lipinski definition) is 4. The molecule has 0 aliphatic heterocycles. The van der Waals surface area contributed by atoms with Crippen molar-refractivity contribution in [3.05, 3.63) is 58.5 Å². The van der Waals surface area contributed by atoms with E-state index in [1.807, 2.05) is 13.0 Å². The van der Waals surface area contributed by atoms with Gasteiger partial charge in [-0.15, -0.1) is 0 Å². The maximum Gasteiger partial charge on any atom is 0.229 e. The van der Waals surface area contributed by atoms with Crippen LogP contribution >= 0.6 is 0 Å². The lowest BCUT2D eigenvalue weighted by Crippen LogP contribution is -2.09. The first kappa shape index (κ1) is 23.0. The molecule has 31 heavy (non-hydrogen) atoms. The van der Waals surface area contributed by atoms with Crippen molar-refractivity contribution in [3.8, 4) is 5.82 Å². The SMILES string of the molecule is CCCCc1ccc(Nc2nc(C)cc(-n3nc(CCC)c(CC)c3CCC)n2)cc1. The van der Waals surface area contributed by atoms with Crippen molar-refractivity contribution >= 4 is 11.6 Å². The van der Waals surface area contributed by atoms with Crippen LogP contribution in [0.25, 0.3) is 5.82 Å². The minimum Gasteiger partial charge on any atom is -0.324 e. The minimum atomic E-state index is 0.615. The molecule has 166 valence electrons. The Labute approximate surface area is 187 Å². The Bertz CT molecular complexity index is 972. The normalized spacial score (nSPS) is 11.1. The lowest BCUT2D eigenvalue weighted by atomic mass is 10.0. The van der Waals surface area contributed by atoms with E-state index in [1.165, 1.54) is 35.4 Å². The molecule has 5 nitrogen and oxygen atoms in total. The second-order valence-corrected chi connectivity index (χ2v) is 8.25. The van der Waals surface area contributed by atoms with Gasteiger partial charge in [0.1, 0.15) is 0 Å². The third-order valence-electron chi connectivity index (χ3n) is 5.59. The van der Waals surface area contributed by atoms with Gasteiger partial charge in [0.05, 0.1) is 5.69 Å². The van der Waals surface area contributed by atoms with E-state index < -0.39 is 0 Å². The van der Waals surface area contributed by atoms with Crippen LogP contribution in [0, 0.1) is 6.92 Å². The molecule has 0 radical (unpaired) electrons. The highest BCUT2D eigenvalue weighted by molar-refractivity contribution is 5.54. The number of anilines is 2. The predicted octanol–water partition coefficient (Wildman–Crippen LogP) is 6.52. The molecule has 3 aromatic rings. The fraction of sp³-hybridized carbons (Fsp3) is 0.500. The van der Waals surface area contributed by atoms with Gasteiger partial charge >= 0.3 is 0 Å². The second kappa shape index (κ2) is 11.1. The number of nitrogens with zero attached hydrogens (tertiary/aromatic N) is 4. The number of unbranched alkanes of at least 4 members (excludes halogenated alkanes) is 1. The fourth-order valence-corrected chi connectivity index (χ4v) is 4.05. The predicted molar refractivity (Wildman–Crippen MR) is 130 cm³/mol. The zero-order chi connectivity index (χ0) is 22.2. The van der Waals surface area contributed by atoms with Gasteiger partial charge in [-0.2, -0.15) is 10.1 Å². The average Bonchev–Trinajstić information content (AvgIpc) is 3.10. The van der Waals surface area contributed by atoms with E-state index in [4.69, 9.17) is 10.1 Å². The number of rotatable bonds is 11. The van der Waals surface area contributed by atoms with E-state index in [0.717, 1.165) is 55.7 Å². The molecule has 1 N–H and O–H groups in total. The van der Waals surface area contributed by atoms with E-state index in [9.17, 15) is 0 Å². The summed E-state index contributed by atoms with van der Waals surface area (Å²) in [5, 5.41) is 8.37. The lowest BCUT2D eigenvalue weighted by molar-refractivity contribution is 0.735. The van der Waals surface area contributed by atoms with Gasteiger partial charge in [-0.05, 0) is 62.3 Å². The molecular weight excluding hydrogens is 382 g/mol. The van der Waals surface area contributed by atoms with Crippen molar-refractivity contribution in [1.82, 2.24) is 19.7 Å². The number of aryl methyl sites for hydroxylation is 3. The molecule has 1 aromatic carbocycles. The molecule has 0 bridgehead atoms. The Kier molecular flexibility index (Phi) is 8.21. The summed E-state index contributed by atoms with van der Waals surface area (Å²) in [6.07, 6.45) is 8.76. The first-order valence-corrected chi connectivity index (χ1v) is 11.9. The molecule has 0 unspecified atom stereocenters. The maximum atomic E-state index is 4.99. The summed E-state index contributed by atoms with van der Waals surface area (Å²) in [4.78, 5) is 9.47. The second-order valence-electron chi connectivity index (χ2n) is 8.25. The van der Waals surface area contributed by atoms with Crippen LogP contribution in [0.5, 0.6) is 0 Å². The molecule has 0 aliphatic carbocycles. The van der Waals surface area contributed by atoms with Crippen LogP contribution in [0.3, 0.4) is 0 Å². The van der Waals surface area contributed by atoms with E-state index in [0.29, 0.717) is 5.95 Å². The van der Waals surface area contributed by atoms with Crippen LogP contribution in [-0.4, -0.2) is 19.7 Å². The van der Waals surface area contributed by atoms with Crippen molar-refractivity contribution in [2.75, 3.05) is 5.32 Å². The van der Waals surface area contributed by atoms with Crippen LogP contribution in [0.4, 0.5) is 11.6 Å². The smallest absolute Gasteiger partial charge is 0.229 e. The van der Waals surface area contributed by atoms with E-state index in [1.54, 1.807) is 0 Å². The first-order chi connectivity index (χ1) is 15.1. The number of benzene rings is 1. The Morgan fingerprint density at radius 1 is 0.871 bits per heavy atom. The molecule has 0 aliphatic rings. The van der Waals surface area contributed by atoms with E-state index >= 15 is 0 Å². The third-order valence-corrected chi connectivity index (χ3v) is 5.59. The summed E-state index contributed by atoms with van der Waals surface area (Å²) in [6, 6.07) is 10.6. The molecule has 2 heterocycles. The molecule has 0 amide bonds. The van der Waals surface area contributed by atoms with Crippen molar-refractivity contribution in [2.45, 2.75) is 86.0 Å². The lowest BCUT2D eigenvalue weighted by Gasteiger charge is -2.11. The summed E-state index contributed by atoms with van der Waals surface area (Å²) in [5.74, 6) is 1.46. The number of nitrogens with one attached hydrogen (secondary N) is 1. The van der Waals surface area contributed by atoms with Gasteiger partial charge in [0, 0.05) is 23.1 Å². The maximum absolute atomic E-state index is 4.99. The molecule has 5 heteroatoms. The Balaban J connectivity index is 1.92. The van der Waals surface area contributed by atoms with Crippen LogP contribution in [-0.2, 0) is 25.7 Å². The fourth-order valence-electron chi connectivity index (χ4n) is 4.05. The molecule has 0 saturated heterocycles. The van der Waals surface area contributed by atoms with E-state index in [2.05, 4.69) is 66.9 Å². The Morgan fingerprint density at radius 3 is 2.26 bits per heavy atom. The van der Waals surface area contributed by atoms with Gasteiger partial charge in [-0.1, -0.05) is 59.1 Å². The number of aromatic nitrogens is 4. The molecule has 0 fully saturated rings. The highest BCUT2D eigenvalue weighted by Crippen LogP contribution is 2.23. The molecule has 0 saturated carbocycles. The van der Waals surface area contributed by atoms with E-state index in [-0.39, 0.29) is 0 Å². The van der Waals surface area contributed by atoms with Gasteiger partial charge < -0.3 is 5.32 Å². The standard InChI is InChI=1S/C26H37N5/c1-6-10-13-20-14-16-21(17-15-20)28-26-27-19(5)18-25(29-26)31-24(12-8-3)22(9-4)23(30-31)11-7-2/h14-18H,6-13H2,1-5H3,(H,27,28,29). The van der Waals surface area contributed by atoms with Crippen LogP contribution in [0.15, 0.2) is 30.3 Å². The van der Waals surface area contributed by atoms with Gasteiger partial charge in [0.25, 0.3) is 0 Å². The van der Waals surface area contributed by atoms with Gasteiger partial charge in [0.2, 0.25) is 5.95 Å². The molecule has 2 aromatic heterocycles. The Morgan fingerprint density at radius 2 is 1.61 bits per heavy atom. The number of hydrogen-bond donors (Lipinski definition) is 1. The average molecular weight is 420 g/mol. The molecule has 0 atom stereocenters. The quantitative estimate of drug-likeness (QED) is 0.384. The van der Waals surface area contributed by atoms with Crippen LogP contribution in [0.2, 0.25) is 0 Å². The topological polar surface area (TPSA) is 55.6 Å². The summed E-state index contributed by atoms with van der Waals surface area (Å²) >= 11 is 0. The van der Waals surface area contributed by atoms with Crippen molar-refractivity contribution in [1.29, 1.82) is 0 Å². The van der Waals surface area contributed by atoms with Gasteiger partial charge in [0.15, 0.2) is 5.82 Å². The first-order valence-electron chi connectivity index (χ1n) is 11.9. The zero-order valence-electron chi connectivity index (χ0n) is 19.8. The molecule has 0 spiro atoms. The zero-order valence-corrected chi connectivity index (χ0v) is 19.8. The van der Waals surface area contributed by atoms with Gasteiger partial charge in [-0.3, -0.25) is 0 Å². The van der Waals surface area contributed by atoms with Crippen molar-refractivity contribution < 1.29 is 0 Å². The summed E-state index contributed by atoms with van der Waals surface area (Å²) < 4.78 is 2.06. The van der Waals surface area contributed by atoms with Crippen LogP contribution in [0.1, 0.15) is 81.6 Å². The third kappa shape index (κ3) is 5.72. The highest BCUT2D eigenvalue weighted by Gasteiger charge is 2.18. The summed E-state index contributed by atoms with van der Waals surface area (Å²) in [7, 11) is 0. The Hall–Kier alpha value is -2.69.